The van der Waals surface area contributed by atoms with Gasteiger partial charge in [-0.1, -0.05) is 0 Å². The van der Waals surface area contributed by atoms with Gasteiger partial charge in [0.15, 0.2) is 5.66 Å². The van der Waals surface area contributed by atoms with Gasteiger partial charge in [0.25, 0.3) is 11.8 Å². The maximum atomic E-state index is 11.6. The van der Waals surface area contributed by atoms with Gasteiger partial charge in [-0.25, -0.2) is 0 Å². The Hall–Kier alpha value is -0.750. The van der Waals surface area contributed by atoms with Gasteiger partial charge in [-0.05, 0) is 13.8 Å². The molecular weight excluding hydrogens is 237 g/mol. The summed E-state index contributed by atoms with van der Waals surface area (Å²) < 4.78 is 16.2. The minimum Gasteiger partial charge on any atom is -0.324 e. The lowest BCUT2D eigenvalue weighted by molar-refractivity contribution is -0.186. The van der Waals surface area contributed by atoms with Crippen LogP contribution in [0, 0.1) is 0 Å². The lowest BCUT2D eigenvalue weighted by Gasteiger charge is -2.16. The van der Waals surface area contributed by atoms with Crippen molar-refractivity contribution in [3.05, 3.63) is 0 Å². The molecule has 2 amide bonds. The molecule has 1 N–H and O–H groups in total. The van der Waals surface area contributed by atoms with Crippen molar-refractivity contribution in [3.63, 3.8) is 0 Å². The molecule has 0 aromatic rings. The smallest absolute Gasteiger partial charge is 0.324 e. The van der Waals surface area contributed by atoms with Crippen molar-refractivity contribution in [2.24, 2.45) is 0 Å². The van der Waals surface area contributed by atoms with Crippen molar-refractivity contribution in [2.75, 3.05) is 13.2 Å². The molecule has 1 heterocycles. The van der Waals surface area contributed by atoms with E-state index in [1.807, 2.05) is 0 Å². The van der Waals surface area contributed by atoms with Crippen molar-refractivity contribution in [2.45, 2.75) is 25.9 Å². The predicted octanol–water partition coefficient (Wildman–Crippen LogP) is 0.287. The second-order valence-corrected chi connectivity index (χ2v) is 5.16. The Bertz CT molecular complexity index is 343. The highest BCUT2D eigenvalue weighted by molar-refractivity contribution is 7.54. The fourth-order valence-corrected chi connectivity index (χ4v) is 2.71. The van der Waals surface area contributed by atoms with Crippen molar-refractivity contribution < 1.29 is 28.4 Å². The van der Waals surface area contributed by atoms with Crippen molar-refractivity contribution in [1.29, 1.82) is 0 Å². The zero-order valence-electron chi connectivity index (χ0n) is 9.08. The number of imide groups is 1. The molecule has 16 heavy (non-hydrogen) atoms. The first kappa shape index (κ1) is 13.3. The van der Waals surface area contributed by atoms with E-state index in [0.717, 1.165) is 0 Å². The monoisotopic (exact) mass is 251 g/mol. The van der Waals surface area contributed by atoms with E-state index in [1.54, 1.807) is 6.92 Å². The van der Waals surface area contributed by atoms with Crippen LogP contribution in [0.1, 0.15) is 20.3 Å². The predicted molar refractivity (Wildman–Crippen MR) is 53.3 cm³/mol. The van der Waals surface area contributed by atoms with Crippen LogP contribution >= 0.6 is 7.60 Å². The van der Waals surface area contributed by atoms with Gasteiger partial charge in [-0.3, -0.25) is 19.0 Å². The van der Waals surface area contributed by atoms with Gasteiger partial charge in [0.2, 0.25) is 0 Å². The first-order chi connectivity index (χ1) is 7.44. The van der Waals surface area contributed by atoms with Gasteiger partial charge in [0.1, 0.15) is 0 Å². The molecule has 0 aromatic carbocycles. The molecule has 0 aromatic heterocycles. The molecule has 0 saturated carbocycles. The van der Waals surface area contributed by atoms with Gasteiger partial charge in [0.05, 0.1) is 19.6 Å². The Kier molecular flexibility index (Phi) is 4.21. The van der Waals surface area contributed by atoms with Gasteiger partial charge < -0.3 is 9.42 Å². The number of hydroxylamine groups is 2. The summed E-state index contributed by atoms with van der Waals surface area (Å²) in [5, 5.41) is 0.534. The van der Waals surface area contributed by atoms with Crippen LogP contribution in [-0.2, 0) is 23.5 Å². The highest BCUT2D eigenvalue weighted by Crippen LogP contribution is 2.51. The number of rotatable bonds is 5. The maximum absolute atomic E-state index is 11.6. The topological polar surface area (TPSA) is 93.1 Å². The average Bonchev–Trinajstić information content (AvgIpc) is 2.46. The van der Waals surface area contributed by atoms with Crippen LogP contribution in [-0.4, -0.2) is 40.6 Å². The molecule has 0 radical (unpaired) electrons. The van der Waals surface area contributed by atoms with Gasteiger partial charge in [0, 0.05) is 0 Å². The quantitative estimate of drug-likeness (QED) is 0.557. The van der Waals surface area contributed by atoms with Gasteiger partial charge in [-0.15, -0.1) is 0 Å². The Labute approximate surface area is 92.8 Å². The highest BCUT2D eigenvalue weighted by atomic mass is 31.2. The van der Waals surface area contributed by atoms with E-state index in [4.69, 9.17) is 4.84 Å². The van der Waals surface area contributed by atoms with Crippen LogP contribution in [0.2, 0.25) is 0 Å². The van der Waals surface area contributed by atoms with E-state index < -0.39 is 25.1 Å². The molecule has 2 unspecified atom stereocenters. The third-order valence-electron chi connectivity index (χ3n) is 2.05. The molecule has 1 aliphatic rings. The van der Waals surface area contributed by atoms with E-state index in [1.165, 1.54) is 6.92 Å². The number of nitrogens with zero attached hydrogens (tertiary/aromatic N) is 1. The fourth-order valence-electron chi connectivity index (χ4n) is 1.39. The largest absolute Gasteiger partial charge is 0.341 e. The van der Waals surface area contributed by atoms with Crippen molar-refractivity contribution in [3.8, 4) is 0 Å². The number of hydrogen-bond donors (Lipinski definition) is 1. The summed E-state index contributed by atoms with van der Waals surface area (Å²) in [6, 6.07) is 0. The molecule has 1 rings (SSSR count). The Morgan fingerprint density at radius 1 is 1.44 bits per heavy atom. The van der Waals surface area contributed by atoms with Crippen LogP contribution in [0.4, 0.5) is 0 Å². The molecule has 1 aliphatic heterocycles. The molecule has 0 bridgehead atoms. The lowest BCUT2D eigenvalue weighted by atomic mass is 10.4. The van der Waals surface area contributed by atoms with Gasteiger partial charge in [-0.2, -0.15) is 5.06 Å². The Balaban J connectivity index is 2.83. The summed E-state index contributed by atoms with van der Waals surface area (Å²) in [6.07, 6.45) is -0.355. The molecule has 2 atom stereocenters. The summed E-state index contributed by atoms with van der Waals surface area (Å²) >= 11 is 0. The summed E-state index contributed by atoms with van der Waals surface area (Å²) in [4.78, 5) is 37.2. The van der Waals surface area contributed by atoms with Crippen molar-refractivity contribution >= 4 is 19.4 Å². The Morgan fingerprint density at radius 3 is 2.56 bits per heavy atom. The zero-order valence-corrected chi connectivity index (χ0v) is 9.98. The van der Waals surface area contributed by atoms with Crippen LogP contribution < -0.4 is 0 Å². The maximum Gasteiger partial charge on any atom is 0.341 e. The van der Waals surface area contributed by atoms with Crippen molar-refractivity contribution in [1.82, 2.24) is 5.06 Å². The highest BCUT2D eigenvalue weighted by Gasteiger charge is 2.50. The van der Waals surface area contributed by atoms with Crippen LogP contribution in [0.25, 0.3) is 0 Å². The number of hydrogen-bond acceptors (Lipinski definition) is 5. The zero-order chi connectivity index (χ0) is 12.3. The number of carbonyl (C=O) groups is 2. The molecule has 0 aliphatic carbocycles. The van der Waals surface area contributed by atoms with E-state index in [2.05, 4.69) is 4.52 Å². The number of amides is 2. The normalized spacial score (nSPS) is 24.9. The number of carbonyl (C=O) groups excluding carboxylic acids is 2. The summed E-state index contributed by atoms with van der Waals surface area (Å²) in [5.41, 5.74) is -1.34. The SMILES string of the molecule is CCON1C(=O)CC(P(=O)(O)OCC)C1=O. The lowest BCUT2D eigenvalue weighted by Crippen LogP contribution is -2.32. The first-order valence-electron chi connectivity index (χ1n) is 4.90. The molecule has 8 heteroatoms. The standard InChI is InChI=1S/C8H14NO6P/c1-3-14-9-7(10)5-6(8(9)11)16(12,13)15-4-2/h6H,3-5H2,1-2H3,(H,12,13). The second kappa shape index (κ2) is 5.05. The third-order valence-corrected chi connectivity index (χ3v) is 3.87. The summed E-state index contributed by atoms with van der Waals surface area (Å²) in [5.74, 6) is -1.43. The first-order valence-corrected chi connectivity index (χ1v) is 6.55. The van der Waals surface area contributed by atoms with Crippen LogP contribution in [0.15, 0.2) is 0 Å². The molecule has 1 saturated heterocycles. The van der Waals surface area contributed by atoms with Crippen LogP contribution in [0.5, 0.6) is 0 Å². The molecule has 7 nitrogen and oxygen atoms in total. The Morgan fingerprint density at radius 2 is 2.06 bits per heavy atom. The van der Waals surface area contributed by atoms with Crippen LogP contribution in [0.3, 0.4) is 0 Å². The second-order valence-electron chi connectivity index (χ2n) is 3.15. The average molecular weight is 251 g/mol. The fraction of sp³-hybridized carbons (Fsp3) is 0.750. The molecule has 92 valence electrons. The summed E-state index contributed by atoms with van der Waals surface area (Å²) in [6.45, 7) is 3.27. The third kappa shape index (κ3) is 2.49. The summed E-state index contributed by atoms with van der Waals surface area (Å²) in [7, 11) is -4.09. The van der Waals surface area contributed by atoms with E-state index in [0.29, 0.717) is 5.06 Å². The molecule has 0 spiro atoms. The molecular formula is C8H14NO6P. The van der Waals surface area contributed by atoms with E-state index in [-0.39, 0.29) is 19.6 Å². The van der Waals surface area contributed by atoms with Gasteiger partial charge >= 0.3 is 7.60 Å². The van der Waals surface area contributed by atoms with E-state index in [9.17, 15) is 19.0 Å². The molecule has 1 fully saturated rings. The minimum absolute atomic E-state index is 0.000380. The van der Waals surface area contributed by atoms with E-state index >= 15 is 0 Å². The minimum atomic E-state index is -4.09.